The van der Waals surface area contributed by atoms with Gasteiger partial charge in [-0.15, -0.1) is 0 Å². The fourth-order valence-corrected chi connectivity index (χ4v) is 3.48. The lowest BCUT2D eigenvalue weighted by atomic mass is 9.83. The summed E-state index contributed by atoms with van der Waals surface area (Å²) < 4.78 is 0. The second-order valence-electron chi connectivity index (χ2n) is 6.82. The molecular weight excluding hydrogens is 312 g/mol. The number of hydrogen-bond donors (Lipinski definition) is 2. The van der Waals surface area contributed by atoms with Crippen molar-refractivity contribution in [2.45, 2.75) is 58.0 Å². The molecule has 0 amide bonds. The number of aliphatic hydroxyl groups excluding tert-OH is 1. The van der Waals surface area contributed by atoms with E-state index < -0.39 is 0 Å². The molecule has 0 spiro atoms. The van der Waals surface area contributed by atoms with Crippen LogP contribution in [-0.2, 0) is 6.42 Å². The van der Waals surface area contributed by atoms with Crippen molar-refractivity contribution in [3.63, 3.8) is 0 Å². The van der Waals surface area contributed by atoms with Gasteiger partial charge in [0.05, 0.1) is 6.10 Å². The first-order valence-electron chi connectivity index (χ1n) is 9.47. The van der Waals surface area contributed by atoms with E-state index in [1.54, 1.807) is 6.20 Å². The average Bonchev–Trinajstić information content (AvgIpc) is 2.67. The van der Waals surface area contributed by atoms with Crippen LogP contribution in [0, 0.1) is 5.92 Å². The molecule has 1 aliphatic rings. The van der Waals surface area contributed by atoms with E-state index in [4.69, 9.17) is 0 Å². The van der Waals surface area contributed by atoms with E-state index in [-0.39, 0.29) is 6.10 Å². The van der Waals surface area contributed by atoms with Crippen molar-refractivity contribution < 1.29 is 5.11 Å². The van der Waals surface area contributed by atoms with Crippen molar-refractivity contribution >= 4 is 5.82 Å². The third kappa shape index (κ3) is 4.98. The molecule has 0 radical (unpaired) electrons. The molecule has 2 unspecified atom stereocenters. The summed E-state index contributed by atoms with van der Waals surface area (Å²) in [6.45, 7) is 2.96. The molecule has 0 saturated heterocycles. The zero-order valence-electron chi connectivity index (χ0n) is 15.0. The molecule has 2 aromatic heterocycles. The molecule has 2 aromatic rings. The molecule has 0 aromatic carbocycles. The Bertz CT molecular complexity index is 662. The van der Waals surface area contributed by atoms with Gasteiger partial charge in [0, 0.05) is 24.5 Å². The Kier molecular flexibility index (Phi) is 6.34. The Morgan fingerprint density at radius 3 is 2.84 bits per heavy atom. The van der Waals surface area contributed by atoms with Crippen LogP contribution in [0.2, 0.25) is 0 Å². The van der Waals surface area contributed by atoms with Gasteiger partial charge in [-0.05, 0) is 50.2 Å². The molecule has 2 atom stereocenters. The van der Waals surface area contributed by atoms with E-state index in [1.165, 1.54) is 19.3 Å². The molecule has 2 heterocycles. The quantitative estimate of drug-likeness (QED) is 0.749. The summed E-state index contributed by atoms with van der Waals surface area (Å²) in [5.74, 6) is 2.00. The number of rotatable bonds is 7. The molecule has 1 fully saturated rings. The van der Waals surface area contributed by atoms with E-state index in [2.05, 4.69) is 27.2 Å². The summed E-state index contributed by atoms with van der Waals surface area (Å²) in [5, 5.41) is 13.5. The van der Waals surface area contributed by atoms with Crippen molar-refractivity contribution in [2.75, 3.05) is 11.9 Å². The maximum absolute atomic E-state index is 10.1. The standard InChI is InChI=1S/C20H28N4O/c1-2-16-14-19(24-20(23-16)17-10-5-6-12-21-17)22-13-7-9-15-8-3-4-11-18(15)25/h5-6,10,12,14-15,18,25H,2-4,7-9,11,13H2,1H3,(H,22,23,24). The smallest absolute Gasteiger partial charge is 0.180 e. The second-order valence-corrected chi connectivity index (χ2v) is 6.82. The minimum absolute atomic E-state index is 0.102. The van der Waals surface area contributed by atoms with E-state index in [0.29, 0.717) is 11.7 Å². The summed E-state index contributed by atoms with van der Waals surface area (Å²) in [4.78, 5) is 13.6. The Labute approximate surface area is 150 Å². The van der Waals surface area contributed by atoms with Gasteiger partial charge in [0.25, 0.3) is 0 Å². The van der Waals surface area contributed by atoms with E-state index in [0.717, 1.165) is 49.4 Å². The SMILES string of the molecule is CCc1cc(NCCCC2CCCCC2O)nc(-c2ccccn2)n1. The largest absolute Gasteiger partial charge is 0.393 e. The highest BCUT2D eigenvalue weighted by Gasteiger charge is 2.22. The first kappa shape index (κ1) is 17.8. The zero-order valence-corrected chi connectivity index (χ0v) is 15.0. The van der Waals surface area contributed by atoms with Gasteiger partial charge in [-0.2, -0.15) is 0 Å². The fraction of sp³-hybridized carbons (Fsp3) is 0.550. The monoisotopic (exact) mass is 340 g/mol. The molecule has 5 heteroatoms. The van der Waals surface area contributed by atoms with Crippen LogP contribution in [-0.4, -0.2) is 32.7 Å². The van der Waals surface area contributed by atoms with Gasteiger partial charge in [0.1, 0.15) is 11.5 Å². The van der Waals surface area contributed by atoms with Crippen LogP contribution in [0.5, 0.6) is 0 Å². The molecule has 0 bridgehead atoms. The summed E-state index contributed by atoms with van der Waals surface area (Å²) in [7, 11) is 0. The van der Waals surface area contributed by atoms with Gasteiger partial charge in [0.2, 0.25) is 0 Å². The number of hydrogen-bond acceptors (Lipinski definition) is 5. The van der Waals surface area contributed by atoms with Crippen molar-refractivity contribution in [3.05, 3.63) is 36.2 Å². The van der Waals surface area contributed by atoms with Crippen LogP contribution in [0.4, 0.5) is 5.82 Å². The Balaban J connectivity index is 1.58. The Hall–Kier alpha value is -2.01. The Morgan fingerprint density at radius 1 is 1.20 bits per heavy atom. The summed E-state index contributed by atoms with van der Waals surface area (Å²) in [5.41, 5.74) is 1.81. The molecular formula is C20H28N4O. The van der Waals surface area contributed by atoms with Gasteiger partial charge < -0.3 is 10.4 Å². The predicted molar refractivity (Wildman–Crippen MR) is 100 cm³/mol. The van der Waals surface area contributed by atoms with Crippen LogP contribution in [0.3, 0.4) is 0 Å². The Morgan fingerprint density at radius 2 is 2.08 bits per heavy atom. The van der Waals surface area contributed by atoms with Crippen LogP contribution >= 0.6 is 0 Å². The summed E-state index contributed by atoms with van der Waals surface area (Å²) in [6, 6.07) is 7.80. The first-order valence-corrected chi connectivity index (χ1v) is 9.47. The first-order chi connectivity index (χ1) is 12.3. The number of aliphatic hydroxyl groups is 1. The van der Waals surface area contributed by atoms with Gasteiger partial charge in [-0.1, -0.05) is 25.8 Å². The molecule has 2 N–H and O–H groups in total. The van der Waals surface area contributed by atoms with Crippen molar-refractivity contribution in [3.8, 4) is 11.5 Å². The lowest BCUT2D eigenvalue weighted by Crippen LogP contribution is -2.24. The number of nitrogens with one attached hydrogen (secondary N) is 1. The van der Waals surface area contributed by atoms with Gasteiger partial charge in [0.15, 0.2) is 5.82 Å². The van der Waals surface area contributed by atoms with Crippen LogP contribution in [0.25, 0.3) is 11.5 Å². The predicted octanol–water partition coefficient (Wildman–Crippen LogP) is 3.84. The van der Waals surface area contributed by atoms with E-state index >= 15 is 0 Å². The van der Waals surface area contributed by atoms with E-state index in [9.17, 15) is 5.11 Å². The maximum Gasteiger partial charge on any atom is 0.180 e. The second kappa shape index (κ2) is 8.90. The maximum atomic E-state index is 10.1. The molecule has 1 saturated carbocycles. The van der Waals surface area contributed by atoms with Crippen LogP contribution in [0.1, 0.15) is 51.1 Å². The number of pyridine rings is 1. The number of aryl methyl sites for hydroxylation is 1. The van der Waals surface area contributed by atoms with Gasteiger partial charge in [-0.25, -0.2) is 9.97 Å². The third-order valence-electron chi connectivity index (χ3n) is 4.96. The highest BCUT2D eigenvalue weighted by atomic mass is 16.3. The fourth-order valence-electron chi connectivity index (χ4n) is 3.48. The van der Waals surface area contributed by atoms with Crippen LogP contribution in [0.15, 0.2) is 30.5 Å². The minimum Gasteiger partial charge on any atom is -0.393 e. The number of aromatic nitrogens is 3. The summed E-state index contributed by atoms with van der Waals surface area (Å²) in [6.07, 6.45) is 9.22. The highest BCUT2D eigenvalue weighted by Crippen LogP contribution is 2.27. The van der Waals surface area contributed by atoms with Crippen molar-refractivity contribution in [1.82, 2.24) is 15.0 Å². The molecule has 134 valence electrons. The molecule has 3 rings (SSSR count). The normalized spacial score (nSPS) is 20.4. The zero-order chi connectivity index (χ0) is 17.5. The highest BCUT2D eigenvalue weighted by molar-refractivity contribution is 5.52. The van der Waals surface area contributed by atoms with Gasteiger partial charge >= 0.3 is 0 Å². The minimum atomic E-state index is -0.102. The third-order valence-corrected chi connectivity index (χ3v) is 4.96. The lowest BCUT2D eigenvalue weighted by molar-refractivity contribution is 0.0648. The number of anilines is 1. The molecule has 1 aliphatic carbocycles. The lowest BCUT2D eigenvalue weighted by Gasteiger charge is -2.27. The molecule has 5 nitrogen and oxygen atoms in total. The molecule has 0 aliphatic heterocycles. The van der Waals surface area contributed by atoms with Gasteiger partial charge in [-0.3, -0.25) is 4.98 Å². The topological polar surface area (TPSA) is 70.9 Å². The van der Waals surface area contributed by atoms with E-state index in [1.807, 2.05) is 24.3 Å². The van der Waals surface area contributed by atoms with Crippen molar-refractivity contribution in [1.29, 1.82) is 0 Å². The van der Waals surface area contributed by atoms with Crippen molar-refractivity contribution in [2.24, 2.45) is 5.92 Å². The number of nitrogens with zero attached hydrogens (tertiary/aromatic N) is 3. The van der Waals surface area contributed by atoms with Crippen LogP contribution < -0.4 is 5.32 Å². The average molecular weight is 340 g/mol. The molecule has 25 heavy (non-hydrogen) atoms. The summed E-state index contributed by atoms with van der Waals surface area (Å²) >= 11 is 0.